The molecule has 3 N–H and O–H groups in total. The summed E-state index contributed by atoms with van der Waals surface area (Å²) >= 11 is 0. The van der Waals surface area contributed by atoms with Crippen molar-refractivity contribution in [1.29, 1.82) is 0 Å². The molecule has 0 aliphatic heterocycles. The maximum Gasteiger partial charge on any atom is 0.242 e. The highest BCUT2D eigenvalue weighted by Gasteiger charge is 2.25. The summed E-state index contributed by atoms with van der Waals surface area (Å²) in [6, 6.07) is -0.149. The zero-order valence-electron chi connectivity index (χ0n) is 9.58. The molecule has 0 radical (unpaired) electrons. The van der Waals surface area contributed by atoms with Crippen molar-refractivity contribution >= 4 is 11.8 Å². The lowest BCUT2D eigenvalue weighted by atomic mass is 10.3. The third kappa shape index (κ3) is 4.93. The van der Waals surface area contributed by atoms with Crippen molar-refractivity contribution in [3.8, 4) is 0 Å². The number of hydrogen-bond donors (Lipinski definition) is 3. The molecule has 1 saturated carbocycles. The molecule has 0 saturated heterocycles. The van der Waals surface area contributed by atoms with Crippen molar-refractivity contribution in [2.24, 2.45) is 0 Å². The molecule has 0 aromatic heterocycles. The predicted molar refractivity (Wildman–Crippen MR) is 61.8 cm³/mol. The minimum atomic E-state index is -0.473. The number of hydrogen-bond acceptors (Lipinski definition) is 3. The average molecular weight is 225 g/mol. The Morgan fingerprint density at radius 2 is 2.19 bits per heavy atom. The topological polar surface area (TPSA) is 70.2 Å². The number of amides is 2. The Bertz CT molecular complexity index is 274. The molecule has 16 heavy (non-hydrogen) atoms. The van der Waals surface area contributed by atoms with Crippen LogP contribution in [0.25, 0.3) is 0 Å². The number of nitrogens with one attached hydrogen (secondary N) is 3. The Hall–Kier alpha value is -1.36. The smallest absolute Gasteiger partial charge is 0.242 e. The maximum atomic E-state index is 11.5. The van der Waals surface area contributed by atoms with Gasteiger partial charge in [-0.15, -0.1) is 6.58 Å². The summed E-state index contributed by atoms with van der Waals surface area (Å²) in [7, 11) is 0. The Labute approximate surface area is 95.7 Å². The van der Waals surface area contributed by atoms with E-state index in [4.69, 9.17) is 0 Å². The zero-order chi connectivity index (χ0) is 12.0. The van der Waals surface area contributed by atoms with Crippen LogP contribution in [0.15, 0.2) is 12.7 Å². The van der Waals surface area contributed by atoms with E-state index in [1.54, 1.807) is 13.0 Å². The average Bonchev–Trinajstić information content (AvgIpc) is 3.02. The highest BCUT2D eigenvalue weighted by atomic mass is 16.2. The first kappa shape index (κ1) is 12.7. The Balaban J connectivity index is 2.15. The highest BCUT2D eigenvalue weighted by Crippen LogP contribution is 2.18. The van der Waals surface area contributed by atoms with Gasteiger partial charge in [-0.1, -0.05) is 6.08 Å². The first-order valence-corrected chi connectivity index (χ1v) is 5.55. The van der Waals surface area contributed by atoms with Crippen LogP contribution in [-0.4, -0.2) is 37.0 Å². The molecule has 0 aromatic rings. The SMILES string of the molecule is C=CCNCC(=O)NC(C)C(=O)NC1CC1. The Morgan fingerprint density at radius 1 is 1.50 bits per heavy atom. The van der Waals surface area contributed by atoms with Crippen LogP contribution in [0.3, 0.4) is 0 Å². The van der Waals surface area contributed by atoms with Crippen LogP contribution < -0.4 is 16.0 Å². The van der Waals surface area contributed by atoms with Gasteiger partial charge >= 0.3 is 0 Å². The molecule has 1 unspecified atom stereocenters. The van der Waals surface area contributed by atoms with Gasteiger partial charge in [0.2, 0.25) is 11.8 Å². The van der Waals surface area contributed by atoms with E-state index < -0.39 is 6.04 Å². The van der Waals surface area contributed by atoms with E-state index in [2.05, 4.69) is 22.5 Å². The zero-order valence-corrected chi connectivity index (χ0v) is 9.58. The molecule has 0 heterocycles. The summed E-state index contributed by atoms with van der Waals surface area (Å²) < 4.78 is 0. The monoisotopic (exact) mass is 225 g/mol. The largest absolute Gasteiger partial charge is 0.352 e. The maximum absolute atomic E-state index is 11.5. The molecule has 0 bridgehead atoms. The van der Waals surface area contributed by atoms with Gasteiger partial charge in [0.25, 0.3) is 0 Å². The molecule has 5 nitrogen and oxygen atoms in total. The number of carbonyl (C=O) groups excluding carboxylic acids is 2. The van der Waals surface area contributed by atoms with Crippen LogP contribution in [0.1, 0.15) is 19.8 Å². The first-order valence-electron chi connectivity index (χ1n) is 5.55. The van der Waals surface area contributed by atoms with Gasteiger partial charge in [0.1, 0.15) is 6.04 Å². The summed E-state index contributed by atoms with van der Waals surface area (Å²) in [6.45, 7) is 5.99. The summed E-state index contributed by atoms with van der Waals surface area (Å²) in [4.78, 5) is 22.8. The van der Waals surface area contributed by atoms with Crippen molar-refractivity contribution in [3.05, 3.63) is 12.7 Å². The van der Waals surface area contributed by atoms with Gasteiger partial charge in [0, 0.05) is 12.6 Å². The van der Waals surface area contributed by atoms with E-state index in [1.165, 1.54) is 0 Å². The number of carbonyl (C=O) groups is 2. The summed E-state index contributed by atoms with van der Waals surface area (Å²) in [5, 5.41) is 8.33. The third-order valence-electron chi connectivity index (χ3n) is 2.27. The normalized spacial score (nSPS) is 16.3. The first-order chi connectivity index (χ1) is 7.63. The van der Waals surface area contributed by atoms with Crippen LogP contribution in [0, 0.1) is 0 Å². The van der Waals surface area contributed by atoms with Gasteiger partial charge in [-0.3, -0.25) is 9.59 Å². The Morgan fingerprint density at radius 3 is 2.75 bits per heavy atom. The van der Waals surface area contributed by atoms with Crippen molar-refractivity contribution < 1.29 is 9.59 Å². The summed E-state index contributed by atoms with van der Waals surface area (Å²) in [5.74, 6) is -0.292. The molecule has 2 amide bonds. The van der Waals surface area contributed by atoms with Gasteiger partial charge in [0.05, 0.1) is 6.54 Å². The molecule has 1 fully saturated rings. The molecular weight excluding hydrogens is 206 g/mol. The summed E-state index contributed by atoms with van der Waals surface area (Å²) in [6.07, 6.45) is 3.77. The van der Waals surface area contributed by atoms with Gasteiger partial charge in [0.15, 0.2) is 0 Å². The molecule has 1 atom stereocenters. The fraction of sp³-hybridized carbons (Fsp3) is 0.636. The third-order valence-corrected chi connectivity index (χ3v) is 2.27. The Kier molecular flexibility index (Phi) is 4.98. The second kappa shape index (κ2) is 6.27. The van der Waals surface area contributed by atoms with Crippen molar-refractivity contribution in [2.45, 2.75) is 31.8 Å². The number of rotatable bonds is 7. The van der Waals surface area contributed by atoms with Crippen LogP contribution in [-0.2, 0) is 9.59 Å². The molecule has 0 aromatic carbocycles. The molecule has 1 aliphatic rings. The van der Waals surface area contributed by atoms with Crippen LogP contribution >= 0.6 is 0 Å². The van der Waals surface area contributed by atoms with Crippen LogP contribution in [0.2, 0.25) is 0 Å². The standard InChI is InChI=1S/C11H19N3O2/c1-3-6-12-7-10(15)13-8(2)11(16)14-9-4-5-9/h3,8-9,12H,1,4-7H2,2H3,(H,13,15)(H,14,16). The minimum Gasteiger partial charge on any atom is -0.352 e. The minimum absolute atomic E-state index is 0.112. The van der Waals surface area contributed by atoms with Crippen LogP contribution in [0.5, 0.6) is 0 Å². The lowest BCUT2D eigenvalue weighted by Crippen LogP contribution is -2.47. The van der Waals surface area contributed by atoms with Gasteiger partial charge in [-0.2, -0.15) is 0 Å². The van der Waals surface area contributed by atoms with Gasteiger partial charge in [-0.25, -0.2) is 0 Å². The van der Waals surface area contributed by atoms with E-state index in [1.807, 2.05) is 0 Å². The molecule has 1 aliphatic carbocycles. The van der Waals surface area contributed by atoms with Crippen molar-refractivity contribution in [2.75, 3.05) is 13.1 Å². The van der Waals surface area contributed by atoms with Crippen LogP contribution in [0.4, 0.5) is 0 Å². The molecule has 1 rings (SSSR count). The second-order valence-electron chi connectivity index (χ2n) is 3.99. The van der Waals surface area contributed by atoms with E-state index in [9.17, 15) is 9.59 Å². The van der Waals surface area contributed by atoms with Crippen molar-refractivity contribution in [3.63, 3.8) is 0 Å². The second-order valence-corrected chi connectivity index (χ2v) is 3.99. The fourth-order valence-electron chi connectivity index (χ4n) is 1.20. The fourth-order valence-corrected chi connectivity index (χ4v) is 1.20. The summed E-state index contributed by atoms with van der Waals surface area (Å²) in [5.41, 5.74) is 0. The predicted octanol–water partition coefficient (Wildman–Crippen LogP) is -0.455. The van der Waals surface area contributed by atoms with Gasteiger partial charge < -0.3 is 16.0 Å². The van der Waals surface area contributed by atoms with Gasteiger partial charge in [-0.05, 0) is 19.8 Å². The van der Waals surface area contributed by atoms with E-state index >= 15 is 0 Å². The van der Waals surface area contributed by atoms with E-state index in [0.29, 0.717) is 12.6 Å². The molecular formula is C11H19N3O2. The lowest BCUT2D eigenvalue weighted by molar-refractivity contribution is -0.128. The quantitative estimate of drug-likeness (QED) is 0.406. The molecule has 5 heteroatoms. The highest BCUT2D eigenvalue weighted by molar-refractivity contribution is 5.88. The van der Waals surface area contributed by atoms with E-state index in [0.717, 1.165) is 12.8 Å². The van der Waals surface area contributed by atoms with Crippen molar-refractivity contribution in [1.82, 2.24) is 16.0 Å². The lowest BCUT2D eigenvalue weighted by Gasteiger charge is -2.13. The van der Waals surface area contributed by atoms with E-state index in [-0.39, 0.29) is 18.4 Å². The molecule has 0 spiro atoms. The molecule has 90 valence electrons.